The van der Waals surface area contributed by atoms with E-state index in [2.05, 4.69) is 5.43 Å². The first-order chi connectivity index (χ1) is 8.33. The van der Waals surface area contributed by atoms with Crippen LogP contribution in [0, 0.1) is 17.8 Å². The van der Waals surface area contributed by atoms with E-state index in [1.807, 2.05) is 0 Å². The molecule has 2 fully saturated rings. The van der Waals surface area contributed by atoms with Crippen molar-refractivity contribution in [3.8, 4) is 0 Å². The molecule has 2 aliphatic rings. The number of ether oxygens (including phenoxy) is 2. The van der Waals surface area contributed by atoms with E-state index in [9.17, 15) is 0 Å². The summed E-state index contributed by atoms with van der Waals surface area (Å²) in [6, 6.07) is 0.302. The summed E-state index contributed by atoms with van der Waals surface area (Å²) in [5, 5.41) is 0. The molecule has 17 heavy (non-hydrogen) atoms. The average molecular weight is 242 g/mol. The molecular weight excluding hydrogens is 216 g/mol. The molecule has 100 valence electrons. The van der Waals surface area contributed by atoms with Gasteiger partial charge in [-0.05, 0) is 43.4 Å². The molecule has 2 saturated carbocycles. The second kappa shape index (κ2) is 6.69. The van der Waals surface area contributed by atoms with Crippen molar-refractivity contribution in [3.05, 3.63) is 0 Å². The Balaban J connectivity index is 1.65. The number of hydrazine groups is 1. The van der Waals surface area contributed by atoms with Crippen molar-refractivity contribution in [1.82, 2.24) is 5.43 Å². The van der Waals surface area contributed by atoms with Crippen LogP contribution in [0.5, 0.6) is 0 Å². The molecule has 0 saturated heterocycles. The van der Waals surface area contributed by atoms with E-state index in [1.165, 1.54) is 32.1 Å². The Labute approximate surface area is 104 Å². The monoisotopic (exact) mass is 242 g/mol. The zero-order chi connectivity index (χ0) is 12.1. The SMILES string of the molecule is COCCOCC(CC1CC2CCC1C2)NN. The number of nitrogens with two attached hydrogens (primary N) is 1. The number of rotatable bonds is 8. The third-order valence-corrected chi connectivity index (χ3v) is 4.46. The second-order valence-corrected chi connectivity index (χ2v) is 5.60. The topological polar surface area (TPSA) is 56.5 Å². The largest absolute Gasteiger partial charge is 0.382 e. The van der Waals surface area contributed by atoms with Crippen LogP contribution >= 0.6 is 0 Å². The molecule has 3 N–H and O–H groups in total. The number of hydrogen-bond donors (Lipinski definition) is 2. The molecule has 0 aromatic carbocycles. The van der Waals surface area contributed by atoms with Crippen molar-refractivity contribution < 1.29 is 9.47 Å². The van der Waals surface area contributed by atoms with Gasteiger partial charge in [0.25, 0.3) is 0 Å². The molecule has 4 heteroatoms. The van der Waals surface area contributed by atoms with E-state index < -0.39 is 0 Å². The van der Waals surface area contributed by atoms with Gasteiger partial charge in [-0.3, -0.25) is 11.3 Å². The number of methoxy groups -OCH3 is 1. The zero-order valence-corrected chi connectivity index (χ0v) is 10.9. The highest BCUT2D eigenvalue weighted by Crippen LogP contribution is 2.49. The van der Waals surface area contributed by atoms with Gasteiger partial charge in [0, 0.05) is 13.2 Å². The van der Waals surface area contributed by atoms with E-state index in [0.29, 0.717) is 25.9 Å². The van der Waals surface area contributed by atoms with Crippen LogP contribution in [0.25, 0.3) is 0 Å². The van der Waals surface area contributed by atoms with Crippen LogP contribution in [-0.4, -0.2) is 33.0 Å². The number of hydrogen-bond acceptors (Lipinski definition) is 4. The minimum Gasteiger partial charge on any atom is -0.382 e. The molecular formula is C13H26N2O2. The fraction of sp³-hybridized carbons (Fsp3) is 1.00. The lowest BCUT2D eigenvalue weighted by molar-refractivity contribution is 0.0531. The number of nitrogens with one attached hydrogen (secondary N) is 1. The first kappa shape index (κ1) is 13.3. The first-order valence-corrected chi connectivity index (χ1v) is 6.86. The van der Waals surface area contributed by atoms with Crippen molar-refractivity contribution in [2.75, 3.05) is 26.9 Å². The summed E-state index contributed by atoms with van der Waals surface area (Å²) < 4.78 is 10.5. The Morgan fingerprint density at radius 3 is 2.76 bits per heavy atom. The van der Waals surface area contributed by atoms with Gasteiger partial charge in [-0.15, -0.1) is 0 Å². The van der Waals surface area contributed by atoms with Crippen LogP contribution in [0.3, 0.4) is 0 Å². The fourth-order valence-corrected chi connectivity index (χ4v) is 3.58. The maximum absolute atomic E-state index is 5.60. The molecule has 4 atom stereocenters. The van der Waals surface area contributed by atoms with E-state index in [0.717, 1.165) is 17.8 Å². The lowest BCUT2D eigenvalue weighted by atomic mass is 9.84. The van der Waals surface area contributed by atoms with Gasteiger partial charge in [-0.2, -0.15) is 0 Å². The second-order valence-electron chi connectivity index (χ2n) is 5.60. The van der Waals surface area contributed by atoms with Crippen LogP contribution in [-0.2, 0) is 9.47 Å². The third-order valence-electron chi connectivity index (χ3n) is 4.46. The summed E-state index contributed by atoms with van der Waals surface area (Å²) in [7, 11) is 1.69. The number of fused-ring (bicyclic) bond motifs is 2. The van der Waals surface area contributed by atoms with Gasteiger partial charge in [0.1, 0.15) is 0 Å². The molecule has 0 heterocycles. The third kappa shape index (κ3) is 3.65. The summed E-state index contributed by atoms with van der Waals surface area (Å²) in [6.45, 7) is 2.02. The molecule has 0 spiro atoms. The van der Waals surface area contributed by atoms with E-state index >= 15 is 0 Å². The minimum atomic E-state index is 0.302. The van der Waals surface area contributed by atoms with Crippen LogP contribution in [0.4, 0.5) is 0 Å². The molecule has 0 aromatic rings. The Hall–Kier alpha value is -0.160. The standard InChI is InChI=1S/C13H26N2O2/c1-16-4-5-17-9-13(15-14)8-12-7-10-2-3-11(12)6-10/h10-13,15H,2-9,14H2,1H3. The van der Waals surface area contributed by atoms with Gasteiger partial charge in [0.15, 0.2) is 0 Å². The van der Waals surface area contributed by atoms with Gasteiger partial charge in [-0.1, -0.05) is 6.42 Å². The molecule has 2 rings (SSSR count). The summed E-state index contributed by atoms with van der Waals surface area (Å²) in [5.74, 6) is 8.46. The van der Waals surface area contributed by atoms with Gasteiger partial charge >= 0.3 is 0 Å². The van der Waals surface area contributed by atoms with Gasteiger partial charge in [0.05, 0.1) is 19.8 Å². The smallest absolute Gasteiger partial charge is 0.0701 e. The Bertz CT molecular complexity index is 225. The maximum atomic E-state index is 5.60. The highest BCUT2D eigenvalue weighted by Gasteiger charge is 2.39. The van der Waals surface area contributed by atoms with Gasteiger partial charge in [0.2, 0.25) is 0 Å². The predicted octanol–water partition coefficient (Wildman–Crippen LogP) is 1.31. The molecule has 2 aliphatic carbocycles. The van der Waals surface area contributed by atoms with Crippen molar-refractivity contribution in [2.24, 2.45) is 23.6 Å². The Kier molecular flexibility index (Phi) is 5.22. The zero-order valence-electron chi connectivity index (χ0n) is 10.9. The lowest BCUT2D eigenvalue weighted by Gasteiger charge is -2.26. The first-order valence-electron chi connectivity index (χ1n) is 6.86. The molecule has 0 aromatic heterocycles. The van der Waals surface area contributed by atoms with Crippen LogP contribution < -0.4 is 11.3 Å². The Morgan fingerprint density at radius 2 is 2.18 bits per heavy atom. The van der Waals surface area contributed by atoms with Crippen molar-refractivity contribution in [3.63, 3.8) is 0 Å². The van der Waals surface area contributed by atoms with Crippen LogP contribution in [0.2, 0.25) is 0 Å². The molecule has 2 bridgehead atoms. The summed E-state index contributed by atoms with van der Waals surface area (Å²) >= 11 is 0. The highest BCUT2D eigenvalue weighted by atomic mass is 16.5. The summed E-state index contributed by atoms with van der Waals surface area (Å²) in [6.07, 6.45) is 6.96. The molecule has 4 unspecified atom stereocenters. The van der Waals surface area contributed by atoms with Gasteiger partial charge in [-0.25, -0.2) is 0 Å². The van der Waals surface area contributed by atoms with E-state index in [-0.39, 0.29) is 0 Å². The van der Waals surface area contributed by atoms with Crippen molar-refractivity contribution >= 4 is 0 Å². The predicted molar refractivity (Wildman–Crippen MR) is 67.4 cm³/mol. The minimum absolute atomic E-state index is 0.302. The van der Waals surface area contributed by atoms with E-state index in [1.54, 1.807) is 7.11 Å². The Morgan fingerprint density at radius 1 is 1.29 bits per heavy atom. The van der Waals surface area contributed by atoms with Crippen molar-refractivity contribution in [2.45, 2.75) is 38.1 Å². The average Bonchev–Trinajstić information content (AvgIpc) is 2.95. The molecule has 0 radical (unpaired) electrons. The quantitative estimate of drug-likeness (QED) is 0.383. The van der Waals surface area contributed by atoms with E-state index in [4.69, 9.17) is 15.3 Å². The maximum Gasteiger partial charge on any atom is 0.0701 e. The van der Waals surface area contributed by atoms with Gasteiger partial charge < -0.3 is 9.47 Å². The fourth-order valence-electron chi connectivity index (χ4n) is 3.58. The normalized spacial score (nSPS) is 33.2. The van der Waals surface area contributed by atoms with Crippen molar-refractivity contribution in [1.29, 1.82) is 0 Å². The van der Waals surface area contributed by atoms with Crippen LogP contribution in [0.15, 0.2) is 0 Å². The molecule has 0 aliphatic heterocycles. The molecule has 0 amide bonds. The van der Waals surface area contributed by atoms with Crippen LogP contribution in [0.1, 0.15) is 32.1 Å². The summed E-state index contributed by atoms with van der Waals surface area (Å²) in [4.78, 5) is 0. The lowest BCUT2D eigenvalue weighted by Crippen LogP contribution is -2.41. The molecule has 4 nitrogen and oxygen atoms in total. The highest BCUT2D eigenvalue weighted by molar-refractivity contribution is 4.91. The summed E-state index contributed by atoms with van der Waals surface area (Å²) in [5.41, 5.74) is 2.90.